The lowest BCUT2D eigenvalue weighted by Crippen LogP contribution is -2.17. The molecule has 16 heavy (non-hydrogen) atoms. The third-order valence-corrected chi connectivity index (χ3v) is 2.40. The highest BCUT2D eigenvalue weighted by molar-refractivity contribution is 5.91. The number of benzene rings is 1. The van der Waals surface area contributed by atoms with E-state index in [9.17, 15) is 20.1 Å². The third kappa shape index (κ3) is 2.32. The first kappa shape index (κ1) is 12.5. The number of hydrogen-bond donors (Lipinski definition) is 4. The molecule has 0 saturated heterocycles. The van der Waals surface area contributed by atoms with E-state index in [1.165, 1.54) is 18.2 Å². The van der Waals surface area contributed by atoms with Gasteiger partial charge in [0.25, 0.3) is 0 Å². The predicted octanol–water partition coefficient (Wildman–Crippen LogP) is 0.895. The molecule has 0 radical (unpaired) electrons. The van der Waals surface area contributed by atoms with Gasteiger partial charge in [-0.1, -0.05) is 19.1 Å². The molecule has 0 bridgehead atoms. The predicted molar refractivity (Wildman–Crippen MR) is 56.3 cm³/mol. The van der Waals surface area contributed by atoms with Gasteiger partial charge in [0, 0.05) is 5.56 Å². The molecule has 0 aromatic heterocycles. The lowest BCUT2D eigenvalue weighted by molar-refractivity contribution is 0.0150. The highest BCUT2D eigenvalue weighted by Crippen LogP contribution is 2.30. The number of hydrogen-bond acceptors (Lipinski definition) is 4. The van der Waals surface area contributed by atoms with Crippen molar-refractivity contribution in [3.05, 3.63) is 29.3 Å². The zero-order chi connectivity index (χ0) is 12.3. The van der Waals surface area contributed by atoms with Gasteiger partial charge in [0.05, 0.1) is 6.10 Å². The number of para-hydroxylation sites is 1. The smallest absolute Gasteiger partial charge is 0.339 e. The molecule has 0 amide bonds. The number of carbonyl (C=O) groups is 1. The first-order valence-electron chi connectivity index (χ1n) is 4.90. The number of aliphatic hydroxyl groups excluding tert-OH is 2. The Morgan fingerprint density at radius 1 is 1.38 bits per heavy atom. The van der Waals surface area contributed by atoms with Gasteiger partial charge < -0.3 is 20.4 Å². The molecule has 0 saturated carbocycles. The molecular weight excluding hydrogens is 212 g/mol. The normalized spacial score (nSPS) is 14.4. The second kappa shape index (κ2) is 4.96. The lowest BCUT2D eigenvalue weighted by atomic mass is 9.99. The summed E-state index contributed by atoms with van der Waals surface area (Å²) in [5, 5.41) is 37.5. The Labute approximate surface area is 92.6 Å². The third-order valence-electron chi connectivity index (χ3n) is 2.40. The minimum absolute atomic E-state index is 0.0225. The van der Waals surface area contributed by atoms with Gasteiger partial charge in [-0.25, -0.2) is 4.79 Å². The molecule has 1 aromatic rings. The molecule has 1 aromatic carbocycles. The van der Waals surface area contributed by atoms with Gasteiger partial charge in [0.15, 0.2) is 0 Å². The Morgan fingerprint density at radius 2 is 2.00 bits per heavy atom. The van der Waals surface area contributed by atoms with E-state index >= 15 is 0 Å². The van der Waals surface area contributed by atoms with Gasteiger partial charge in [0.1, 0.15) is 17.4 Å². The van der Waals surface area contributed by atoms with E-state index in [0.717, 1.165) is 0 Å². The van der Waals surface area contributed by atoms with E-state index < -0.39 is 23.9 Å². The van der Waals surface area contributed by atoms with E-state index in [4.69, 9.17) is 5.11 Å². The SMILES string of the molecule is CCC(O)C(O)c1cccc(C(=O)O)c1O. The number of rotatable bonds is 4. The molecule has 4 N–H and O–H groups in total. The van der Waals surface area contributed by atoms with Crippen LogP contribution in [0.2, 0.25) is 0 Å². The van der Waals surface area contributed by atoms with Crippen molar-refractivity contribution in [1.29, 1.82) is 0 Å². The van der Waals surface area contributed by atoms with E-state index in [1.807, 2.05) is 0 Å². The second-order valence-corrected chi connectivity index (χ2v) is 3.47. The monoisotopic (exact) mass is 226 g/mol. The van der Waals surface area contributed by atoms with Crippen molar-refractivity contribution in [2.24, 2.45) is 0 Å². The summed E-state index contributed by atoms with van der Waals surface area (Å²) in [6.45, 7) is 1.67. The fraction of sp³-hybridized carbons (Fsp3) is 0.364. The van der Waals surface area contributed by atoms with Crippen LogP contribution in [-0.2, 0) is 0 Å². The summed E-state index contributed by atoms with van der Waals surface area (Å²) in [4.78, 5) is 10.7. The largest absolute Gasteiger partial charge is 0.507 e. The molecule has 5 nitrogen and oxygen atoms in total. The van der Waals surface area contributed by atoms with Crippen LogP contribution >= 0.6 is 0 Å². The molecule has 0 aliphatic rings. The summed E-state index contributed by atoms with van der Waals surface area (Å²) in [7, 11) is 0. The summed E-state index contributed by atoms with van der Waals surface area (Å²) in [6, 6.07) is 4.02. The molecule has 2 unspecified atom stereocenters. The van der Waals surface area contributed by atoms with Crippen molar-refractivity contribution in [1.82, 2.24) is 0 Å². The minimum Gasteiger partial charge on any atom is -0.507 e. The van der Waals surface area contributed by atoms with E-state index in [-0.39, 0.29) is 11.1 Å². The summed E-state index contributed by atoms with van der Waals surface area (Å²) in [5.74, 6) is -1.78. The molecule has 5 heteroatoms. The standard InChI is InChI=1S/C11H14O5/c1-2-8(12)10(14)6-4-3-5-7(9(6)13)11(15)16/h3-5,8,10,12-14H,2H2,1H3,(H,15,16). The Hall–Kier alpha value is -1.59. The number of carboxylic acids is 1. The molecular formula is C11H14O5. The number of aromatic hydroxyl groups is 1. The van der Waals surface area contributed by atoms with Crippen molar-refractivity contribution in [3.63, 3.8) is 0 Å². The maximum absolute atomic E-state index is 10.7. The van der Waals surface area contributed by atoms with Crippen LogP contribution in [0.1, 0.15) is 35.4 Å². The number of carboxylic acid groups (broad SMARTS) is 1. The lowest BCUT2D eigenvalue weighted by Gasteiger charge is -2.18. The Kier molecular flexibility index (Phi) is 3.87. The average molecular weight is 226 g/mol. The Morgan fingerprint density at radius 3 is 2.50 bits per heavy atom. The Balaban J connectivity index is 3.15. The topological polar surface area (TPSA) is 98.0 Å². The van der Waals surface area contributed by atoms with Crippen LogP contribution < -0.4 is 0 Å². The van der Waals surface area contributed by atoms with Crippen molar-refractivity contribution in [2.75, 3.05) is 0 Å². The van der Waals surface area contributed by atoms with Crippen LogP contribution in [0.3, 0.4) is 0 Å². The van der Waals surface area contributed by atoms with Crippen LogP contribution in [0, 0.1) is 0 Å². The molecule has 2 atom stereocenters. The van der Waals surface area contributed by atoms with E-state index in [2.05, 4.69) is 0 Å². The van der Waals surface area contributed by atoms with Crippen LogP contribution in [0.15, 0.2) is 18.2 Å². The van der Waals surface area contributed by atoms with Gasteiger partial charge in [0.2, 0.25) is 0 Å². The zero-order valence-electron chi connectivity index (χ0n) is 8.79. The molecule has 0 fully saturated rings. The summed E-state index contributed by atoms with van der Waals surface area (Å²) in [6.07, 6.45) is -2.02. The average Bonchev–Trinajstić information content (AvgIpc) is 2.27. The minimum atomic E-state index is -1.29. The first-order chi connectivity index (χ1) is 7.49. The molecule has 88 valence electrons. The summed E-state index contributed by atoms with van der Waals surface area (Å²) in [5.41, 5.74) is -0.269. The van der Waals surface area contributed by atoms with Crippen LogP contribution in [0.5, 0.6) is 5.75 Å². The molecule has 0 aliphatic heterocycles. The van der Waals surface area contributed by atoms with Crippen molar-refractivity contribution in [2.45, 2.75) is 25.6 Å². The summed E-state index contributed by atoms with van der Waals surface area (Å²) >= 11 is 0. The number of aliphatic hydroxyl groups is 2. The van der Waals surface area contributed by atoms with Gasteiger partial charge in [-0.15, -0.1) is 0 Å². The van der Waals surface area contributed by atoms with Crippen molar-refractivity contribution >= 4 is 5.97 Å². The van der Waals surface area contributed by atoms with Crippen LogP contribution in [0.25, 0.3) is 0 Å². The summed E-state index contributed by atoms with van der Waals surface area (Å²) < 4.78 is 0. The quantitative estimate of drug-likeness (QED) is 0.611. The highest BCUT2D eigenvalue weighted by atomic mass is 16.4. The number of phenols is 1. The zero-order valence-corrected chi connectivity index (χ0v) is 8.79. The maximum Gasteiger partial charge on any atom is 0.339 e. The van der Waals surface area contributed by atoms with E-state index in [0.29, 0.717) is 6.42 Å². The highest BCUT2D eigenvalue weighted by Gasteiger charge is 2.22. The molecule has 0 aliphatic carbocycles. The van der Waals surface area contributed by atoms with E-state index in [1.54, 1.807) is 6.92 Å². The van der Waals surface area contributed by atoms with Gasteiger partial charge in [-0.3, -0.25) is 0 Å². The molecule has 0 spiro atoms. The first-order valence-corrected chi connectivity index (χ1v) is 4.90. The van der Waals surface area contributed by atoms with Crippen molar-refractivity contribution in [3.8, 4) is 5.75 Å². The Bertz CT molecular complexity index is 388. The fourth-order valence-electron chi connectivity index (χ4n) is 1.40. The van der Waals surface area contributed by atoms with Gasteiger partial charge in [-0.05, 0) is 12.5 Å². The maximum atomic E-state index is 10.7. The van der Waals surface area contributed by atoms with Crippen LogP contribution in [-0.4, -0.2) is 32.5 Å². The van der Waals surface area contributed by atoms with Gasteiger partial charge in [-0.2, -0.15) is 0 Å². The van der Waals surface area contributed by atoms with Crippen molar-refractivity contribution < 1.29 is 25.2 Å². The number of aromatic carboxylic acids is 1. The second-order valence-electron chi connectivity index (χ2n) is 3.47. The fourth-order valence-corrected chi connectivity index (χ4v) is 1.40. The molecule has 1 rings (SSSR count). The molecule has 0 heterocycles. The van der Waals surface area contributed by atoms with Gasteiger partial charge >= 0.3 is 5.97 Å². The van der Waals surface area contributed by atoms with Crippen LogP contribution in [0.4, 0.5) is 0 Å².